The summed E-state index contributed by atoms with van der Waals surface area (Å²) >= 11 is 5.83. The van der Waals surface area contributed by atoms with Gasteiger partial charge in [-0.25, -0.2) is 0 Å². The average Bonchev–Trinajstić information content (AvgIpc) is 2.81. The molecule has 8 nitrogen and oxygen atoms in total. The van der Waals surface area contributed by atoms with Crippen molar-refractivity contribution < 1.29 is 28.6 Å². The summed E-state index contributed by atoms with van der Waals surface area (Å²) < 4.78 is 16.4. The zero-order chi connectivity index (χ0) is 23.1. The zero-order valence-electron chi connectivity index (χ0n) is 18.0. The molecule has 0 radical (unpaired) electrons. The molecule has 0 aromatic heterocycles. The molecular weight excluding hydrogens is 436 g/mol. The van der Waals surface area contributed by atoms with Gasteiger partial charge in [-0.3, -0.25) is 14.4 Å². The maximum atomic E-state index is 12.5. The topological polar surface area (TPSA) is 85.4 Å². The number of halogens is 1. The van der Waals surface area contributed by atoms with Crippen molar-refractivity contribution >= 4 is 29.2 Å². The van der Waals surface area contributed by atoms with Gasteiger partial charge in [0.2, 0.25) is 0 Å². The highest BCUT2D eigenvalue weighted by Crippen LogP contribution is 2.28. The number of rotatable bonds is 8. The lowest BCUT2D eigenvalue weighted by atomic mass is 10.1. The lowest BCUT2D eigenvalue weighted by molar-refractivity contribution is -0.141. The predicted molar refractivity (Wildman–Crippen MR) is 119 cm³/mol. The molecule has 0 saturated carbocycles. The van der Waals surface area contributed by atoms with E-state index in [1.807, 2.05) is 0 Å². The first-order chi connectivity index (χ1) is 15.4. The summed E-state index contributed by atoms with van der Waals surface area (Å²) in [7, 11) is 1.47. The van der Waals surface area contributed by atoms with Crippen LogP contribution in [0.2, 0.25) is 5.02 Å². The molecule has 1 heterocycles. The third-order valence-electron chi connectivity index (χ3n) is 5.08. The number of ether oxygens (including phenoxy) is 3. The molecule has 1 saturated heterocycles. The van der Waals surface area contributed by atoms with Gasteiger partial charge in [0.15, 0.2) is 30.5 Å². The molecule has 0 bridgehead atoms. The highest BCUT2D eigenvalue weighted by atomic mass is 35.5. The monoisotopic (exact) mass is 460 g/mol. The van der Waals surface area contributed by atoms with E-state index in [-0.39, 0.29) is 30.8 Å². The van der Waals surface area contributed by atoms with Crippen molar-refractivity contribution in [3.63, 3.8) is 0 Å². The Morgan fingerprint density at radius 1 is 0.844 bits per heavy atom. The minimum absolute atomic E-state index is 0.0747. The van der Waals surface area contributed by atoms with E-state index in [0.29, 0.717) is 54.0 Å². The van der Waals surface area contributed by atoms with Crippen molar-refractivity contribution in [3.8, 4) is 17.2 Å². The molecule has 0 atom stereocenters. The van der Waals surface area contributed by atoms with E-state index in [1.165, 1.54) is 14.0 Å². The number of nitrogens with zero attached hydrogens (tertiary/aromatic N) is 2. The number of methoxy groups -OCH3 is 1. The van der Waals surface area contributed by atoms with Crippen molar-refractivity contribution in [3.05, 3.63) is 53.1 Å². The second-order valence-electron chi connectivity index (χ2n) is 7.21. The standard InChI is InChI=1S/C23H25ClN2O6/c1-16(27)17-3-8-20(21(13-17)30-2)32-15-23(29)26-11-9-25(10-12-26)22(28)14-31-19-6-4-18(24)5-7-19/h3-8,13H,9-12,14-15H2,1-2H3. The number of hydrogen-bond donors (Lipinski definition) is 0. The first kappa shape index (κ1) is 23.4. The van der Waals surface area contributed by atoms with Gasteiger partial charge in [-0.2, -0.15) is 0 Å². The molecule has 3 rings (SSSR count). The van der Waals surface area contributed by atoms with Crippen LogP contribution in [0, 0.1) is 0 Å². The Morgan fingerprint density at radius 2 is 1.41 bits per heavy atom. The Bertz CT molecular complexity index is 971. The summed E-state index contributed by atoms with van der Waals surface area (Å²) in [5.74, 6) is 0.934. The molecule has 0 aliphatic carbocycles. The number of carbonyl (C=O) groups is 3. The van der Waals surface area contributed by atoms with Crippen molar-refractivity contribution in [1.29, 1.82) is 0 Å². The van der Waals surface area contributed by atoms with Crippen molar-refractivity contribution in [2.75, 3.05) is 46.5 Å². The number of piperazine rings is 1. The van der Waals surface area contributed by atoms with Crippen LogP contribution < -0.4 is 14.2 Å². The molecule has 32 heavy (non-hydrogen) atoms. The number of Topliss-reactive ketones (excluding diaryl/α,β-unsaturated/α-hetero) is 1. The van der Waals surface area contributed by atoms with Crippen LogP contribution in [0.25, 0.3) is 0 Å². The van der Waals surface area contributed by atoms with E-state index in [4.69, 9.17) is 25.8 Å². The average molecular weight is 461 g/mol. The molecule has 2 aromatic rings. The fraction of sp³-hybridized carbons (Fsp3) is 0.348. The molecule has 0 unspecified atom stereocenters. The number of ketones is 1. The van der Waals surface area contributed by atoms with Crippen molar-refractivity contribution in [2.24, 2.45) is 0 Å². The molecule has 170 valence electrons. The fourth-order valence-electron chi connectivity index (χ4n) is 3.21. The maximum Gasteiger partial charge on any atom is 0.260 e. The SMILES string of the molecule is COc1cc(C(C)=O)ccc1OCC(=O)N1CCN(C(=O)COc2ccc(Cl)cc2)CC1. The van der Waals surface area contributed by atoms with Crippen molar-refractivity contribution in [1.82, 2.24) is 9.80 Å². The van der Waals surface area contributed by atoms with E-state index in [1.54, 1.807) is 52.3 Å². The minimum Gasteiger partial charge on any atom is -0.493 e. The molecule has 0 N–H and O–H groups in total. The largest absolute Gasteiger partial charge is 0.493 e. The molecular formula is C23H25ClN2O6. The summed E-state index contributed by atoms with van der Waals surface area (Å²) in [5.41, 5.74) is 0.501. The van der Waals surface area contributed by atoms with Crippen LogP contribution in [-0.2, 0) is 9.59 Å². The number of amides is 2. The first-order valence-electron chi connectivity index (χ1n) is 10.1. The molecule has 1 aliphatic heterocycles. The Kier molecular flexibility index (Phi) is 7.94. The third-order valence-corrected chi connectivity index (χ3v) is 5.33. The predicted octanol–water partition coefficient (Wildman–Crippen LogP) is 2.68. The maximum absolute atomic E-state index is 12.5. The summed E-state index contributed by atoms with van der Waals surface area (Å²) in [6.07, 6.45) is 0. The van der Waals surface area contributed by atoms with Crippen molar-refractivity contribution in [2.45, 2.75) is 6.92 Å². The van der Waals surface area contributed by atoms with Gasteiger partial charge < -0.3 is 24.0 Å². The van der Waals surface area contributed by atoms with E-state index >= 15 is 0 Å². The van der Waals surface area contributed by atoms with Gasteiger partial charge in [0, 0.05) is 36.8 Å². The Balaban J connectivity index is 1.44. The van der Waals surface area contributed by atoms with Crippen LogP contribution in [0.15, 0.2) is 42.5 Å². The van der Waals surface area contributed by atoms with Gasteiger partial charge in [-0.05, 0) is 49.4 Å². The Hall–Kier alpha value is -3.26. The highest BCUT2D eigenvalue weighted by molar-refractivity contribution is 6.30. The zero-order valence-corrected chi connectivity index (χ0v) is 18.8. The molecule has 2 amide bonds. The quantitative estimate of drug-likeness (QED) is 0.563. The van der Waals surface area contributed by atoms with Gasteiger partial charge in [-0.15, -0.1) is 0 Å². The molecule has 0 spiro atoms. The van der Waals surface area contributed by atoms with E-state index in [2.05, 4.69) is 0 Å². The molecule has 1 fully saturated rings. The van der Waals surface area contributed by atoms with Crippen LogP contribution in [0.1, 0.15) is 17.3 Å². The van der Waals surface area contributed by atoms with Crippen LogP contribution in [0.3, 0.4) is 0 Å². The molecule has 1 aliphatic rings. The third kappa shape index (κ3) is 6.13. The van der Waals surface area contributed by atoms with Crippen LogP contribution in [0.5, 0.6) is 17.2 Å². The Labute approximate surface area is 191 Å². The lowest BCUT2D eigenvalue weighted by Gasteiger charge is -2.34. The summed E-state index contributed by atoms with van der Waals surface area (Å²) in [5, 5.41) is 0.597. The number of benzene rings is 2. The normalized spacial score (nSPS) is 13.5. The van der Waals surface area contributed by atoms with Crippen LogP contribution in [-0.4, -0.2) is 73.9 Å². The minimum atomic E-state index is -0.188. The van der Waals surface area contributed by atoms with Gasteiger partial charge >= 0.3 is 0 Å². The lowest BCUT2D eigenvalue weighted by Crippen LogP contribution is -2.52. The summed E-state index contributed by atoms with van der Waals surface area (Å²) in [4.78, 5) is 39.7. The van der Waals surface area contributed by atoms with Gasteiger partial charge in [0.1, 0.15) is 5.75 Å². The number of hydrogen-bond acceptors (Lipinski definition) is 6. The van der Waals surface area contributed by atoms with Gasteiger partial charge in [0.05, 0.1) is 7.11 Å². The number of carbonyl (C=O) groups excluding carboxylic acids is 3. The van der Waals surface area contributed by atoms with E-state index in [9.17, 15) is 14.4 Å². The molecule has 2 aromatic carbocycles. The summed E-state index contributed by atoms with van der Waals surface area (Å²) in [6, 6.07) is 11.6. The van der Waals surface area contributed by atoms with Gasteiger partial charge in [0.25, 0.3) is 11.8 Å². The smallest absolute Gasteiger partial charge is 0.260 e. The Morgan fingerprint density at radius 3 is 1.94 bits per heavy atom. The van der Waals surface area contributed by atoms with Crippen LogP contribution >= 0.6 is 11.6 Å². The second-order valence-corrected chi connectivity index (χ2v) is 7.65. The van der Waals surface area contributed by atoms with E-state index in [0.717, 1.165) is 0 Å². The first-order valence-corrected chi connectivity index (χ1v) is 10.5. The fourth-order valence-corrected chi connectivity index (χ4v) is 3.34. The van der Waals surface area contributed by atoms with E-state index < -0.39 is 0 Å². The van der Waals surface area contributed by atoms with Crippen LogP contribution in [0.4, 0.5) is 0 Å². The summed E-state index contributed by atoms with van der Waals surface area (Å²) in [6.45, 7) is 2.89. The van der Waals surface area contributed by atoms with Gasteiger partial charge in [-0.1, -0.05) is 11.6 Å². The second kappa shape index (κ2) is 10.9. The molecule has 9 heteroatoms. The highest BCUT2D eigenvalue weighted by Gasteiger charge is 2.25.